The van der Waals surface area contributed by atoms with Crippen molar-refractivity contribution in [1.29, 1.82) is 0 Å². The van der Waals surface area contributed by atoms with Crippen LogP contribution in [0.4, 0.5) is 17.1 Å². The molecule has 0 aromatic heterocycles. The minimum atomic E-state index is -0.206. The molecule has 0 aliphatic carbocycles. The third kappa shape index (κ3) is 5.35. The maximum atomic E-state index is 12.5. The maximum absolute atomic E-state index is 12.5. The van der Waals surface area contributed by atoms with Gasteiger partial charge in [0.15, 0.2) is 5.17 Å². The predicted molar refractivity (Wildman–Crippen MR) is 137 cm³/mol. The van der Waals surface area contributed by atoms with Gasteiger partial charge in [-0.3, -0.25) is 4.79 Å². The van der Waals surface area contributed by atoms with E-state index in [9.17, 15) is 4.79 Å². The molecule has 1 aliphatic heterocycles. The second-order valence-electron chi connectivity index (χ2n) is 7.55. The number of hydrogen-bond acceptors (Lipinski definition) is 7. The molecule has 4 rings (SSSR count). The first-order valence-electron chi connectivity index (χ1n) is 10.6. The van der Waals surface area contributed by atoms with Crippen molar-refractivity contribution in [2.75, 3.05) is 14.2 Å². The van der Waals surface area contributed by atoms with Gasteiger partial charge < -0.3 is 14.8 Å². The molecule has 1 saturated heterocycles. The summed E-state index contributed by atoms with van der Waals surface area (Å²) in [7, 11) is 3.18. The molecular weight excluding hydrogens is 448 g/mol. The van der Waals surface area contributed by atoms with Crippen LogP contribution < -0.4 is 14.8 Å². The Morgan fingerprint density at radius 1 is 0.882 bits per heavy atom. The van der Waals surface area contributed by atoms with Crippen LogP contribution >= 0.6 is 11.8 Å². The average molecular weight is 473 g/mol. The van der Waals surface area contributed by atoms with Gasteiger partial charge in [0.25, 0.3) is 5.91 Å². The van der Waals surface area contributed by atoms with Gasteiger partial charge in [-0.1, -0.05) is 18.2 Å². The van der Waals surface area contributed by atoms with Gasteiger partial charge in [-0.15, -0.1) is 0 Å². The van der Waals surface area contributed by atoms with E-state index in [2.05, 4.69) is 20.5 Å². The summed E-state index contributed by atoms with van der Waals surface area (Å²) in [6, 6.07) is 18.9. The normalized spacial score (nSPS) is 15.8. The third-order valence-corrected chi connectivity index (χ3v) is 6.08. The fourth-order valence-corrected chi connectivity index (χ4v) is 4.11. The second kappa shape index (κ2) is 10.4. The first kappa shape index (κ1) is 23.3. The lowest BCUT2D eigenvalue weighted by Gasteiger charge is -2.07. The molecule has 1 N–H and O–H groups in total. The van der Waals surface area contributed by atoms with Crippen molar-refractivity contribution >= 4 is 46.0 Å². The molecule has 7 nitrogen and oxygen atoms in total. The van der Waals surface area contributed by atoms with Crippen LogP contribution in [0.15, 0.2) is 80.8 Å². The van der Waals surface area contributed by atoms with Crippen LogP contribution in [0, 0.1) is 13.8 Å². The van der Waals surface area contributed by atoms with Crippen molar-refractivity contribution in [3.63, 3.8) is 0 Å². The quantitative estimate of drug-likeness (QED) is 0.322. The second-order valence-corrected chi connectivity index (χ2v) is 8.58. The van der Waals surface area contributed by atoms with Gasteiger partial charge in [-0.05, 0) is 79.2 Å². The van der Waals surface area contributed by atoms with E-state index in [0.29, 0.717) is 21.6 Å². The number of nitrogens with one attached hydrogen (secondary N) is 1. The zero-order valence-corrected chi connectivity index (χ0v) is 20.1. The lowest BCUT2D eigenvalue weighted by molar-refractivity contribution is -0.115. The molecule has 0 radical (unpaired) electrons. The number of aliphatic imine (C=N–C) groups is 1. The molecular formula is C26H24N4O3S. The van der Waals surface area contributed by atoms with E-state index in [4.69, 9.17) is 9.47 Å². The third-order valence-electron chi connectivity index (χ3n) is 5.17. The van der Waals surface area contributed by atoms with Crippen LogP contribution in [0.2, 0.25) is 0 Å². The Bertz CT molecular complexity index is 1330. The predicted octanol–water partition coefficient (Wildman–Crippen LogP) is 6.63. The summed E-state index contributed by atoms with van der Waals surface area (Å²) in [5.74, 6) is 1.10. The number of hydrogen-bond donors (Lipinski definition) is 1. The molecule has 8 heteroatoms. The summed E-state index contributed by atoms with van der Waals surface area (Å²) in [6.07, 6.45) is 1.78. The van der Waals surface area contributed by atoms with Crippen molar-refractivity contribution < 1.29 is 14.3 Å². The topological polar surface area (TPSA) is 84.6 Å². The zero-order chi connectivity index (χ0) is 24.1. The zero-order valence-electron chi connectivity index (χ0n) is 19.3. The minimum Gasteiger partial charge on any atom is -0.497 e. The average Bonchev–Trinajstić information content (AvgIpc) is 3.18. The number of aryl methyl sites for hydroxylation is 2. The Balaban J connectivity index is 1.52. The van der Waals surface area contributed by atoms with Crippen molar-refractivity contribution in [2.45, 2.75) is 13.8 Å². The Morgan fingerprint density at radius 2 is 1.71 bits per heavy atom. The number of methoxy groups -OCH3 is 2. The number of carbonyl (C=O) groups excluding carboxylic acids is 1. The van der Waals surface area contributed by atoms with Crippen LogP contribution in [-0.2, 0) is 4.79 Å². The molecule has 3 aromatic carbocycles. The number of azo groups is 1. The van der Waals surface area contributed by atoms with E-state index in [-0.39, 0.29) is 5.91 Å². The summed E-state index contributed by atoms with van der Waals surface area (Å²) >= 11 is 1.28. The van der Waals surface area contributed by atoms with E-state index in [1.165, 1.54) is 11.8 Å². The molecule has 1 heterocycles. The van der Waals surface area contributed by atoms with E-state index in [0.717, 1.165) is 33.8 Å². The highest BCUT2D eigenvalue weighted by atomic mass is 32.2. The smallest absolute Gasteiger partial charge is 0.264 e. The Labute approximate surface area is 202 Å². The molecule has 1 aliphatic rings. The van der Waals surface area contributed by atoms with Gasteiger partial charge in [0.05, 0.1) is 36.2 Å². The highest BCUT2D eigenvalue weighted by Gasteiger charge is 2.24. The maximum Gasteiger partial charge on any atom is 0.264 e. The number of thioether (sulfide) groups is 1. The Morgan fingerprint density at radius 3 is 2.44 bits per heavy atom. The van der Waals surface area contributed by atoms with Crippen molar-refractivity contribution in [3.05, 3.63) is 82.3 Å². The van der Waals surface area contributed by atoms with Gasteiger partial charge in [0.2, 0.25) is 0 Å². The van der Waals surface area contributed by atoms with Crippen molar-refractivity contribution in [1.82, 2.24) is 5.32 Å². The Hall–Kier alpha value is -3.91. The van der Waals surface area contributed by atoms with Gasteiger partial charge in [-0.2, -0.15) is 10.2 Å². The van der Waals surface area contributed by atoms with Gasteiger partial charge in [0, 0.05) is 11.6 Å². The SMILES string of the molecule is COc1ccc(/C=C2\SC(=Nc3ccc(N=Nc4ccccc4C)cc3C)NC2=O)c(OC)c1. The van der Waals surface area contributed by atoms with Crippen LogP contribution in [0.1, 0.15) is 16.7 Å². The summed E-state index contributed by atoms with van der Waals surface area (Å²) in [5.41, 5.74) is 5.10. The molecule has 172 valence electrons. The van der Waals surface area contributed by atoms with Crippen molar-refractivity contribution in [2.24, 2.45) is 15.2 Å². The van der Waals surface area contributed by atoms with Crippen LogP contribution in [0.5, 0.6) is 11.5 Å². The van der Waals surface area contributed by atoms with E-state index in [1.807, 2.05) is 68.4 Å². The molecule has 1 amide bonds. The van der Waals surface area contributed by atoms with Crippen LogP contribution in [0.25, 0.3) is 6.08 Å². The van der Waals surface area contributed by atoms with Crippen molar-refractivity contribution in [3.8, 4) is 11.5 Å². The number of amidine groups is 1. The molecule has 34 heavy (non-hydrogen) atoms. The summed E-state index contributed by atoms with van der Waals surface area (Å²) < 4.78 is 10.7. The standard InChI is InChI=1S/C26H24N4O3S/c1-16-7-5-6-8-22(16)30-29-19-10-12-21(17(2)13-19)27-26-28-25(31)24(34-26)14-18-9-11-20(32-3)15-23(18)33-4/h5-15H,1-4H3,(H,27,28,31)/b24-14-,30-29?. The molecule has 0 atom stereocenters. The first-order chi connectivity index (χ1) is 16.5. The molecule has 0 spiro atoms. The van der Waals surface area contributed by atoms with E-state index >= 15 is 0 Å². The van der Waals surface area contributed by atoms with Gasteiger partial charge >= 0.3 is 0 Å². The molecule has 0 saturated carbocycles. The van der Waals surface area contributed by atoms with Gasteiger partial charge in [0.1, 0.15) is 11.5 Å². The van der Waals surface area contributed by atoms with Crippen LogP contribution in [0.3, 0.4) is 0 Å². The fourth-order valence-electron chi connectivity index (χ4n) is 3.28. The molecule has 1 fully saturated rings. The lowest BCUT2D eigenvalue weighted by Crippen LogP contribution is -2.19. The number of rotatable bonds is 6. The largest absolute Gasteiger partial charge is 0.497 e. The number of ether oxygens (including phenoxy) is 2. The minimum absolute atomic E-state index is 0.206. The molecule has 0 bridgehead atoms. The first-order valence-corrected chi connectivity index (χ1v) is 11.4. The number of amides is 1. The fraction of sp³-hybridized carbons (Fsp3) is 0.154. The summed E-state index contributed by atoms with van der Waals surface area (Å²) in [6.45, 7) is 3.95. The van der Waals surface area contributed by atoms with E-state index in [1.54, 1.807) is 26.4 Å². The monoisotopic (exact) mass is 472 g/mol. The van der Waals surface area contributed by atoms with E-state index < -0.39 is 0 Å². The molecule has 0 unspecified atom stereocenters. The highest BCUT2D eigenvalue weighted by molar-refractivity contribution is 8.18. The highest BCUT2D eigenvalue weighted by Crippen LogP contribution is 2.33. The molecule has 3 aromatic rings. The summed E-state index contributed by atoms with van der Waals surface area (Å²) in [5, 5.41) is 12.0. The number of carbonyl (C=O) groups is 1. The summed E-state index contributed by atoms with van der Waals surface area (Å²) in [4.78, 5) is 17.7. The lowest BCUT2D eigenvalue weighted by atomic mass is 10.1. The Kier molecular flexibility index (Phi) is 7.08. The van der Waals surface area contributed by atoms with Gasteiger partial charge in [-0.25, -0.2) is 4.99 Å². The number of benzene rings is 3. The van der Waals surface area contributed by atoms with Crippen LogP contribution in [-0.4, -0.2) is 25.3 Å². The number of nitrogens with zero attached hydrogens (tertiary/aromatic N) is 3.